The van der Waals surface area contributed by atoms with Crippen LogP contribution in [0.1, 0.15) is 19.3 Å². The summed E-state index contributed by atoms with van der Waals surface area (Å²) >= 11 is 9.49. The highest BCUT2D eigenvalue weighted by Crippen LogP contribution is 2.04. The number of carbonyl (C=O) groups is 4. The molecule has 15 heteroatoms. The lowest BCUT2D eigenvalue weighted by Crippen LogP contribution is -2.57. The molecule has 12 nitrogen and oxygen atoms in total. The first-order valence-electron chi connectivity index (χ1n) is 9.72. The van der Waals surface area contributed by atoms with Crippen LogP contribution in [0.4, 0.5) is 0 Å². The molecule has 0 saturated heterocycles. The lowest BCUT2D eigenvalue weighted by Gasteiger charge is -2.24. The van der Waals surface area contributed by atoms with E-state index in [-0.39, 0.29) is 36.9 Å². The van der Waals surface area contributed by atoms with Crippen molar-refractivity contribution >= 4 is 66.7 Å². The zero-order valence-corrected chi connectivity index (χ0v) is 20.4. The van der Waals surface area contributed by atoms with E-state index in [9.17, 15) is 24.3 Å². The Morgan fingerprint density at radius 1 is 0.938 bits per heavy atom. The summed E-state index contributed by atoms with van der Waals surface area (Å²) in [6.07, 6.45) is 2.57. The summed E-state index contributed by atoms with van der Waals surface area (Å²) in [5.74, 6) is -2.70. The molecule has 0 fully saturated rings. The van der Waals surface area contributed by atoms with E-state index in [2.05, 4.69) is 46.2 Å². The highest BCUT2D eigenvalue weighted by Gasteiger charge is 2.29. The highest BCUT2D eigenvalue weighted by atomic mass is 32.2. The molecule has 0 saturated carbocycles. The normalized spacial score (nSPS) is 14.4. The molecule has 3 amide bonds. The summed E-state index contributed by atoms with van der Waals surface area (Å²) < 4.78 is 0. The first-order chi connectivity index (χ1) is 15.1. The van der Waals surface area contributed by atoms with Crippen molar-refractivity contribution in [2.75, 3.05) is 30.1 Å². The molecule has 0 aliphatic rings. The maximum absolute atomic E-state index is 12.8. The number of nitrogens with one attached hydrogen (secondary N) is 3. The molecule has 0 radical (unpaired) electrons. The van der Waals surface area contributed by atoms with Crippen LogP contribution < -0.4 is 33.2 Å². The number of thioether (sulfide) groups is 1. The Hall–Kier alpha value is -1.84. The van der Waals surface area contributed by atoms with Gasteiger partial charge in [0, 0.05) is 18.1 Å². The number of guanidine groups is 1. The fraction of sp³-hybridized carbons (Fsp3) is 0.706. The average molecular weight is 512 g/mol. The molecule has 0 aliphatic carbocycles. The van der Waals surface area contributed by atoms with Gasteiger partial charge in [0.05, 0.1) is 6.04 Å². The molecule has 0 aromatic carbocycles. The minimum absolute atomic E-state index is 0.0719. The molecule has 184 valence electrons. The van der Waals surface area contributed by atoms with Gasteiger partial charge in [-0.15, -0.1) is 0 Å². The number of hydrogen-bond donors (Lipinski definition) is 9. The summed E-state index contributed by atoms with van der Waals surface area (Å²) in [6.45, 7) is 0.229. The van der Waals surface area contributed by atoms with Crippen molar-refractivity contribution in [3.8, 4) is 0 Å². The Bertz CT molecular complexity index is 664. The number of hydrogen-bond acceptors (Lipinski definition) is 9. The predicted octanol–water partition coefficient (Wildman–Crippen LogP) is -2.48. The van der Waals surface area contributed by atoms with Gasteiger partial charge >= 0.3 is 5.97 Å². The van der Waals surface area contributed by atoms with Crippen molar-refractivity contribution in [1.29, 1.82) is 0 Å². The van der Waals surface area contributed by atoms with E-state index >= 15 is 0 Å². The average Bonchev–Trinajstić information content (AvgIpc) is 2.75. The number of aliphatic carboxylic acids is 1. The maximum Gasteiger partial charge on any atom is 0.326 e. The molecule has 10 N–H and O–H groups in total. The SMILES string of the molecule is CSCCC(NC(=O)C(CS)NC(=O)C(CCCN=C(N)N)NC(=O)C(N)CS)C(=O)O. The fourth-order valence-corrected chi connectivity index (χ4v) is 3.26. The number of carboxylic acid groups (broad SMARTS) is 1. The predicted molar refractivity (Wildman–Crippen MR) is 132 cm³/mol. The van der Waals surface area contributed by atoms with Gasteiger partial charge in [-0.3, -0.25) is 19.4 Å². The van der Waals surface area contributed by atoms with Gasteiger partial charge in [-0.2, -0.15) is 37.0 Å². The van der Waals surface area contributed by atoms with Crippen LogP contribution >= 0.6 is 37.0 Å². The van der Waals surface area contributed by atoms with Gasteiger partial charge < -0.3 is 38.3 Å². The number of carboxylic acids is 1. The summed E-state index contributed by atoms with van der Waals surface area (Å²) in [5.41, 5.74) is 16.2. The number of thiol groups is 2. The van der Waals surface area contributed by atoms with E-state index in [1.54, 1.807) is 0 Å². The number of nitrogens with zero attached hydrogens (tertiary/aromatic N) is 1. The second-order valence-corrected chi connectivity index (χ2v) is 8.44. The van der Waals surface area contributed by atoms with Crippen LogP contribution in [0.3, 0.4) is 0 Å². The Morgan fingerprint density at radius 3 is 2.00 bits per heavy atom. The Labute approximate surface area is 202 Å². The van der Waals surface area contributed by atoms with Crippen molar-refractivity contribution in [2.45, 2.75) is 43.4 Å². The van der Waals surface area contributed by atoms with E-state index in [4.69, 9.17) is 17.2 Å². The summed E-state index contributed by atoms with van der Waals surface area (Å²) in [4.78, 5) is 52.6. The lowest BCUT2D eigenvalue weighted by molar-refractivity contribution is -0.142. The molecule has 0 aromatic heterocycles. The van der Waals surface area contributed by atoms with Gasteiger partial charge in [-0.05, 0) is 31.3 Å². The Kier molecular flexibility index (Phi) is 15.8. The van der Waals surface area contributed by atoms with E-state index in [1.165, 1.54) is 11.8 Å². The van der Waals surface area contributed by atoms with E-state index in [1.807, 2.05) is 6.26 Å². The van der Waals surface area contributed by atoms with Crippen LogP contribution in [-0.4, -0.2) is 89.0 Å². The number of aliphatic imine (C=N–C) groups is 1. The van der Waals surface area contributed by atoms with Crippen molar-refractivity contribution < 1.29 is 24.3 Å². The second kappa shape index (κ2) is 16.7. The van der Waals surface area contributed by atoms with Crippen molar-refractivity contribution in [1.82, 2.24) is 16.0 Å². The van der Waals surface area contributed by atoms with Crippen LogP contribution in [-0.2, 0) is 19.2 Å². The monoisotopic (exact) mass is 511 g/mol. The molecule has 32 heavy (non-hydrogen) atoms. The molecule has 4 atom stereocenters. The number of amides is 3. The number of rotatable bonds is 16. The molecule has 0 heterocycles. The van der Waals surface area contributed by atoms with Crippen molar-refractivity contribution in [3.63, 3.8) is 0 Å². The van der Waals surface area contributed by atoms with Gasteiger partial charge in [-0.25, -0.2) is 4.79 Å². The minimum Gasteiger partial charge on any atom is -0.480 e. The Morgan fingerprint density at radius 2 is 1.50 bits per heavy atom. The fourth-order valence-electron chi connectivity index (χ4n) is 2.37. The summed E-state index contributed by atoms with van der Waals surface area (Å²) in [6, 6.07) is -4.16. The van der Waals surface area contributed by atoms with Crippen molar-refractivity contribution in [3.05, 3.63) is 0 Å². The van der Waals surface area contributed by atoms with Crippen LogP contribution in [0.15, 0.2) is 4.99 Å². The molecule has 4 unspecified atom stereocenters. The minimum atomic E-state index is -1.18. The third kappa shape index (κ3) is 12.3. The summed E-state index contributed by atoms with van der Waals surface area (Å²) in [5, 5.41) is 16.7. The molecular weight excluding hydrogens is 478 g/mol. The maximum atomic E-state index is 12.8. The van der Waals surface area contributed by atoms with Crippen molar-refractivity contribution in [2.24, 2.45) is 22.2 Å². The van der Waals surface area contributed by atoms with E-state index < -0.39 is 47.9 Å². The quantitative estimate of drug-likeness (QED) is 0.0463. The molecule has 0 aliphatic heterocycles. The highest BCUT2D eigenvalue weighted by molar-refractivity contribution is 7.98. The standard InChI is InChI=1S/C17H33N7O5S3/c1-32-6-4-11(16(28)29)23-15(27)12(8-31)24-14(26)10(3-2-5-21-17(19)20)22-13(25)9(18)7-30/h9-12,30-31H,2-8,18H2,1H3,(H,22,25)(H,23,27)(H,24,26)(H,28,29)(H4,19,20,21). The van der Waals surface area contributed by atoms with Crippen LogP contribution in [0.2, 0.25) is 0 Å². The number of carbonyl (C=O) groups excluding carboxylic acids is 3. The van der Waals surface area contributed by atoms with Crippen LogP contribution in [0.5, 0.6) is 0 Å². The summed E-state index contributed by atoms with van der Waals surface area (Å²) in [7, 11) is 0. The largest absolute Gasteiger partial charge is 0.480 e. The molecule has 0 bridgehead atoms. The van der Waals surface area contributed by atoms with Gasteiger partial charge in [0.1, 0.15) is 18.1 Å². The van der Waals surface area contributed by atoms with Gasteiger partial charge in [0.2, 0.25) is 17.7 Å². The van der Waals surface area contributed by atoms with E-state index in [0.717, 1.165) is 0 Å². The number of nitrogens with two attached hydrogens (primary N) is 3. The first-order valence-corrected chi connectivity index (χ1v) is 12.4. The van der Waals surface area contributed by atoms with Gasteiger partial charge in [-0.1, -0.05) is 0 Å². The third-order valence-corrected chi connectivity index (χ3v) is 5.56. The van der Waals surface area contributed by atoms with E-state index in [0.29, 0.717) is 12.2 Å². The van der Waals surface area contributed by atoms with Crippen LogP contribution in [0, 0.1) is 0 Å². The second-order valence-electron chi connectivity index (χ2n) is 6.72. The molecular formula is C17H33N7O5S3. The third-order valence-electron chi connectivity index (χ3n) is 4.15. The first kappa shape index (κ1) is 30.2. The van der Waals surface area contributed by atoms with Crippen LogP contribution in [0.25, 0.3) is 0 Å². The molecule has 0 aromatic rings. The Balaban J connectivity index is 5.22. The topological polar surface area (TPSA) is 215 Å². The molecule has 0 spiro atoms. The van der Waals surface area contributed by atoms with Gasteiger partial charge in [0.15, 0.2) is 5.96 Å². The zero-order chi connectivity index (χ0) is 24.7. The lowest BCUT2D eigenvalue weighted by atomic mass is 10.1. The van der Waals surface area contributed by atoms with Gasteiger partial charge in [0.25, 0.3) is 0 Å². The molecule has 0 rings (SSSR count). The zero-order valence-electron chi connectivity index (χ0n) is 17.8. The smallest absolute Gasteiger partial charge is 0.326 e.